The van der Waals surface area contributed by atoms with Gasteiger partial charge in [0.2, 0.25) is 11.7 Å². The van der Waals surface area contributed by atoms with Crippen molar-refractivity contribution < 1.29 is 19.0 Å². The molecule has 8 nitrogen and oxygen atoms in total. The number of anilines is 1. The Morgan fingerprint density at radius 2 is 1.68 bits per heavy atom. The van der Waals surface area contributed by atoms with Gasteiger partial charge < -0.3 is 24.1 Å². The molecule has 0 radical (unpaired) electrons. The first kappa shape index (κ1) is 22.5. The van der Waals surface area contributed by atoms with E-state index in [9.17, 15) is 4.79 Å². The van der Waals surface area contributed by atoms with Crippen molar-refractivity contribution in [2.75, 3.05) is 32.4 Å². The largest absolute Gasteiger partial charge is 0.493 e. The van der Waals surface area contributed by atoms with Gasteiger partial charge in [-0.15, -0.1) is 10.2 Å². The Labute approximate surface area is 185 Å². The fourth-order valence-electron chi connectivity index (χ4n) is 3.05. The lowest BCUT2D eigenvalue weighted by Crippen LogP contribution is -2.14. The molecule has 164 valence electrons. The van der Waals surface area contributed by atoms with Gasteiger partial charge in [0.05, 0.1) is 27.1 Å². The molecule has 1 heterocycles. The van der Waals surface area contributed by atoms with Gasteiger partial charge in [0.15, 0.2) is 22.5 Å². The number of aromatic nitrogens is 3. The molecule has 0 aliphatic heterocycles. The van der Waals surface area contributed by atoms with E-state index in [0.717, 1.165) is 17.7 Å². The molecule has 0 aliphatic rings. The van der Waals surface area contributed by atoms with E-state index in [1.165, 1.54) is 17.3 Å². The van der Waals surface area contributed by atoms with Crippen molar-refractivity contribution in [2.24, 2.45) is 7.05 Å². The van der Waals surface area contributed by atoms with E-state index in [4.69, 9.17) is 14.2 Å². The molecule has 0 aliphatic carbocycles. The maximum Gasteiger partial charge on any atom is 0.234 e. The molecule has 0 fully saturated rings. The first-order valence-corrected chi connectivity index (χ1v) is 10.7. The Kier molecular flexibility index (Phi) is 7.41. The summed E-state index contributed by atoms with van der Waals surface area (Å²) in [6, 6.07) is 11.5. The summed E-state index contributed by atoms with van der Waals surface area (Å²) >= 11 is 1.32. The van der Waals surface area contributed by atoms with Crippen LogP contribution in [0.1, 0.15) is 12.5 Å². The first-order chi connectivity index (χ1) is 15.0. The van der Waals surface area contributed by atoms with Crippen LogP contribution in [0.5, 0.6) is 17.2 Å². The van der Waals surface area contributed by atoms with Crippen LogP contribution < -0.4 is 19.5 Å². The lowest BCUT2D eigenvalue weighted by atomic mass is 10.1. The van der Waals surface area contributed by atoms with E-state index in [1.54, 1.807) is 21.3 Å². The maximum atomic E-state index is 12.3. The second kappa shape index (κ2) is 10.2. The molecule has 1 aromatic heterocycles. The Balaban J connectivity index is 1.72. The average Bonchev–Trinajstić information content (AvgIpc) is 3.17. The number of aryl methyl sites for hydroxylation is 1. The normalized spacial score (nSPS) is 10.6. The van der Waals surface area contributed by atoms with Crippen molar-refractivity contribution in [3.05, 3.63) is 42.0 Å². The highest BCUT2D eigenvalue weighted by atomic mass is 32.2. The second-order valence-corrected chi connectivity index (χ2v) is 7.61. The first-order valence-electron chi connectivity index (χ1n) is 9.72. The van der Waals surface area contributed by atoms with E-state index in [-0.39, 0.29) is 11.7 Å². The number of ether oxygens (including phenoxy) is 3. The monoisotopic (exact) mass is 442 g/mol. The van der Waals surface area contributed by atoms with E-state index >= 15 is 0 Å². The minimum atomic E-state index is -0.105. The molecule has 0 saturated heterocycles. The van der Waals surface area contributed by atoms with Gasteiger partial charge in [0, 0.05) is 18.3 Å². The van der Waals surface area contributed by atoms with E-state index in [0.29, 0.717) is 28.2 Å². The summed E-state index contributed by atoms with van der Waals surface area (Å²) in [6.45, 7) is 2.09. The molecular weight excluding hydrogens is 416 g/mol. The third-order valence-electron chi connectivity index (χ3n) is 4.74. The quantitative estimate of drug-likeness (QED) is 0.504. The predicted octanol–water partition coefficient (Wildman–Crippen LogP) is 3.80. The fourth-order valence-corrected chi connectivity index (χ4v) is 3.76. The zero-order valence-corrected chi connectivity index (χ0v) is 19.1. The molecule has 0 bridgehead atoms. The highest BCUT2D eigenvalue weighted by Crippen LogP contribution is 2.41. The van der Waals surface area contributed by atoms with Crippen LogP contribution in [-0.2, 0) is 18.3 Å². The van der Waals surface area contributed by atoms with Gasteiger partial charge >= 0.3 is 0 Å². The topological polar surface area (TPSA) is 87.5 Å². The fraction of sp³-hybridized carbons (Fsp3) is 0.318. The van der Waals surface area contributed by atoms with E-state index in [2.05, 4.69) is 22.4 Å². The van der Waals surface area contributed by atoms with Crippen LogP contribution in [0.25, 0.3) is 11.4 Å². The zero-order valence-electron chi connectivity index (χ0n) is 18.3. The summed E-state index contributed by atoms with van der Waals surface area (Å²) in [4.78, 5) is 12.3. The lowest BCUT2D eigenvalue weighted by Gasteiger charge is -2.14. The summed E-state index contributed by atoms with van der Waals surface area (Å²) in [6.07, 6.45) is 0.963. The molecular formula is C22H26N4O4S. The third kappa shape index (κ3) is 5.11. The number of hydrogen-bond acceptors (Lipinski definition) is 7. The molecule has 0 spiro atoms. The number of nitrogens with zero attached hydrogens (tertiary/aromatic N) is 3. The lowest BCUT2D eigenvalue weighted by molar-refractivity contribution is -0.113. The standard InChI is InChI=1S/C22H26N4O4S/c1-6-14-7-9-16(10-8-14)23-19(27)13-31-22-25-24-21(26(22)2)15-11-17(28-3)20(30-5)18(12-15)29-4/h7-12H,6,13H2,1-5H3,(H,23,27). The molecule has 3 rings (SSSR count). The van der Waals surface area contributed by atoms with Crippen molar-refractivity contribution in [2.45, 2.75) is 18.5 Å². The molecule has 9 heteroatoms. The van der Waals surface area contributed by atoms with Gasteiger partial charge in [-0.05, 0) is 36.2 Å². The number of hydrogen-bond donors (Lipinski definition) is 1. The molecule has 0 atom stereocenters. The van der Waals surface area contributed by atoms with Gasteiger partial charge in [0.25, 0.3) is 0 Å². The summed E-state index contributed by atoms with van der Waals surface area (Å²) in [5.41, 5.74) is 2.77. The second-order valence-electron chi connectivity index (χ2n) is 6.67. The van der Waals surface area contributed by atoms with Gasteiger partial charge in [-0.2, -0.15) is 0 Å². The van der Waals surface area contributed by atoms with E-state index in [1.807, 2.05) is 48.0 Å². The number of benzene rings is 2. The van der Waals surface area contributed by atoms with Crippen molar-refractivity contribution in [1.82, 2.24) is 14.8 Å². The highest BCUT2D eigenvalue weighted by molar-refractivity contribution is 7.99. The number of thioether (sulfide) groups is 1. The van der Waals surface area contributed by atoms with Crippen LogP contribution in [-0.4, -0.2) is 47.8 Å². The van der Waals surface area contributed by atoms with Crippen molar-refractivity contribution in [1.29, 1.82) is 0 Å². The SMILES string of the molecule is CCc1ccc(NC(=O)CSc2nnc(-c3cc(OC)c(OC)c(OC)c3)n2C)cc1. The number of amides is 1. The van der Waals surface area contributed by atoms with Crippen LogP contribution >= 0.6 is 11.8 Å². The summed E-state index contributed by atoms with van der Waals surface area (Å²) in [5.74, 6) is 2.31. The Bertz CT molecular complexity index is 1030. The number of carbonyl (C=O) groups excluding carboxylic acids is 1. The van der Waals surface area contributed by atoms with Crippen molar-refractivity contribution in [3.63, 3.8) is 0 Å². The Hall–Kier alpha value is -3.20. The molecule has 1 N–H and O–H groups in total. The predicted molar refractivity (Wildman–Crippen MR) is 121 cm³/mol. The van der Waals surface area contributed by atoms with Crippen LogP contribution in [0.15, 0.2) is 41.6 Å². The van der Waals surface area contributed by atoms with Crippen LogP contribution in [0.4, 0.5) is 5.69 Å². The molecule has 2 aromatic carbocycles. The zero-order chi connectivity index (χ0) is 22.4. The van der Waals surface area contributed by atoms with Gasteiger partial charge in [-0.3, -0.25) is 4.79 Å². The van der Waals surface area contributed by atoms with Gasteiger partial charge in [0.1, 0.15) is 0 Å². The van der Waals surface area contributed by atoms with Crippen molar-refractivity contribution in [3.8, 4) is 28.6 Å². The minimum absolute atomic E-state index is 0.105. The molecule has 0 unspecified atom stereocenters. The van der Waals surface area contributed by atoms with Crippen molar-refractivity contribution >= 4 is 23.4 Å². The summed E-state index contributed by atoms with van der Waals surface area (Å²) < 4.78 is 18.0. The summed E-state index contributed by atoms with van der Waals surface area (Å²) in [5, 5.41) is 12.0. The van der Waals surface area contributed by atoms with Gasteiger partial charge in [-0.1, -0.05) is 30.8 Å². The Morgan fingerprint density at radius 3 is 2.23 bits per heavy atom. The molecule has 31 heavy (non-hydrogen) atoms. The smallest absolute Gasteiger partial charge is 0.234 e. The Morgan fingerprint density at radius 1 is 1.03 bits per heavy atom. The average molecular weight is 443 g/mol. The number of carbonyl (C=O) groups is 1. The number of nitrogens with one attached hydrogen (secondary N) is 1. The van der Waals surface area contributed by atoms with Gasteiger partial charge in [-0.25, -0.2) is 0 Å². The molecule has 3 aromatic rings. The van der Waals surface area contributed by atoms with Crippen LogP contribution in [0, 0.1) is 0 Å². The maximum absolute atomic E-state index is 12.3. The highest BCUT2D eigenvalue weighted by Gasteiger charge is 2.18. The molecule has 0 saturated carbocycles. The number of methoxy groups -OCH3 is 3. The summed E-state index contributed by atoms with van der Waals surface area (Å²) in [7, 11) is 6.53. The third-order valence-corrected chi connectivity index (χ3v) is 5.76. The van der Waals surface area contributed by atoms with Crippen LogP contribution in [0.2, 0.25) is 0 Å². The number of rotatable bonds is 9. The minimum Gasteiger partial charge on any atom is -0.493 e. The van der Waals surface area contributed by atoms with Crippen LogP contribution in [0.3, 0.4) is 0 Å². The van der Waals surface area contributed by atoms with E-state index < -0.39 is 0 Å². The molecule has 1 amide bonds.